The second-order valence-electron chi connectivity index (χ2n) is 5.27. The summed E-state index contributed by atoms with van der Waals surface area (Å²) in [5, 5.41) is 9.31. The molecule has 2 atom stereocenters. The number of carboxylic acids is 1. The second-order valence-corrected chi connectivity index (χ2v) is 5.27. The number of nitrogens with two attached hydrogens (primary N) is 1. The van der Waals surface area contributed by atoms with E-state index in [-0.39, 0.29) is 6.42 Å². The Kier molecular flexibility index (Phi) is 3.62. The molecule has 0 aliphatic heterocycles. The molecule has 0 fully saturated rings. The normalized spacial score (nSPS) is 28.8. The number of hydrogen-bond donors (Lipinski definition) is 2. The second kappa shape index (κ2) is 4.49. The number of hydrogen-bond acceptors (Lipinski definition) is 4. The summed E-state index contributed by atoms with van der Waals surface area (Å²) < 4.78 is 5.18. The maximum atomic E-state index is 12.1. The molecule has 0 aromatic carbocycles. The van der Waals surface area contributed by atoms with E-state index >= 15 is 0 Å². The van der Waals surface area contributed by atoms with Gasteiger partial charge in [-0.1, -0.05) is 12.2 Å². The van der Waals surface area contributed by atoms with Crippen LogP contribution in [0.5, 0.6) is 0 Å². The van der Waals surface area contributed by atoms with Crippen LogP contribution in [0.1, 0.15) is 33.6 Å². The molecular formula is C12H19NO4. The number of carbonyl (C=O) groups excluding carboxylic acids is 1. The predicted molar refractivity (Wildman–Crippen MR) is 62.3 cm³/mol. The molecule has 0 aromatic rings. The monoisotopic (exact) mass is 241 g/mol. The van der Waals surface area contributed by atoms with Crippen LogP contribution in [0.25, 0.3) is 0 Å². The third-order valence-electron chi connectivity index (χ3n) is 2.76. The van der Waals surface area contributed by atoms with E-state index in [4.69, 9.17) is 10.5 Å². The number of carboxylic acid groups (broad SMARTS) is 1. The highest BCUT2D eigenvalue weighted by Crippen LogP contribution is 2.35. The lowest BCUT2D eigenvalue weighted by atomic mass is 9.73. The summed E-state index contributed by atoms with van der Waals surface area (Å²) in [7, 11) is 0. The van der Waals surface area contributed by atoms with Crippen molar-refractivity contribution in [1.82, 2.24) is 0 Å². The number of allylic oxidation sites excluding steroid dienone is 1. The third-order valence-corrected chi connectivity index (χ3v) is 2.76. The third kappa shape index (κ3) is 2.66. The number of aliphatic carboxylic acids is 1. The quantitative estimate of drug-likeness (QED) is 0.429. The van der Waals surface area contributed by atoms with Gasteiger partial charge in [-0.3, -0.25) is 9.59 Å². The van der Waals surface area contributed by atoms with Crippen molar-refractivity contribution >= 4 is 11.9 Å². The van der Waals surface area contributed by atoms with Gasteiger partial charge in [0.2, 0.25) is 0 Å². The van der Waals surface area contributed by atoms with Crippen molar-refractivity contribution in [3.8, 4) is 0 Å². The molecule has 96 valence electrons. The van der Waals surface area contributed by atoms with Gasteiger partial charge in [0, 0.05) is 6.04 Å². The van der Waals surface area contributed by atoms with Crippen molar-refractivity contribution in [2.24, 2.45) is 11.1 Å². The van der Waals surface area contributed by atoms with E-state index in [0.29, 0.717) is 6.42 Å². The minimum atomic E-state index is -1.65. The summed E-state index contributed by atoms with van der Waals surface area (Å²) in [6.07, 6.45) is 4.03. The molecule has 0 spiro atoms. The smallest absolute Gasteiger partial charge is 0.325 e. The minimum absolute atomic E-state index is 0.176. The van der Waals surface area contributed by atoms with E-state index in [1.807, 2.05) is 0 Å². The molecule has 1 rings (SSSR count). The molecule has 5 nitrogen and oxygen atoms in total. The average molecular weight is 241 g/mol. The highest BCUT2D eigenvalue weighted by molar-refractivity contribution is 6.00. The van der Waals surface area contributed by atoms with Crippen molar-refractivity contribution < 1.29 is 19.4 Å². The summed E-state index contributed by atoms with van der Waals surface area (Å²) in [5.74, 6) is -1.97. The molecule has 1 aliphatic rings. The fourth-order valence-electron chi connectivity index (χ4n) is 1.83. The van der Waals surface area contributed by atoms with Gasteiger partial charge in [0.25, 0.3) is 0 Å². The molecule has 5 heteroatoms. The van der Waals surface area contributed by atoms with E-state index in [2.05, 4.69) is 0 Å². The maximum Gasteiger partial charge on any atom is 0.325 e. The number of rotatable bonds is 2. The van der Waals surface area contributed by atoms with Crippen LogP contribution in [0.4, 0.5) is 0 Å². The molecular weight excluding hydrogens is 222 g/mol. The molecule has 0 heterocycles. The van der Waals surface area contributed by atoms with Crippen molar-refractivity contribution in [3.63, 3.8) is 0 Å². The van der Waals surface area contributed by atoms with Crippen LogP contribution in [-0.2, 0) is 14.3 Å². The Bertz CT molecular complexity index is 356. The molecule has 0 aromatic heterocycles. The summed E-state index contributed by atoms with van der Waals surface area (Å²) in [4.78, 5) is 23.5. The highest BCUT2D eigenvalue weighted by Gasteiger charge is 2.53. The number of esters is 1. The first-order valence-electron chi connectivity index (χ1n) is 5.59. The van der Waals surface area contributed by atoms with Gasteiger partial charge < -0.3 is 15.6 Å². The van der Waals surface area contributed by atoms with Crippen LogP contribution in [0, 0.1) is 5.41 Å². The summed E-state index contributed by atoms with van der Waals surface area (Å²) in [6, 6.07) is -0.844. The molecule has 0 amide bonds. The standard InChI is InChI=1S/C12H19NO4/c1-11(2,3)17-10(16)12(9(14)15)7-5-4-6-8(12)13/h4,6,8H,5,7,13H2,1-3H3,(H,14,15)/t8-,12+/m1/s1. The Hall–Kier alpha value is -1.36. The van der Waals surface area contributed by atoms with Crippen molar-refractivity contribution in [2.75, 3.05) is 0 Å². The first-order chi connectivity index (χ1) is 7.70. The van der Waals surface area contributed by atoms with Gasteiger partial charge in [-0.05, 0) is 33.6 Å². The average Bonchev–Trinajstić information content (AvgIpc) is 2.15. The van der Waals surface area contributed by atoms with E-state index in [1.165, 1.54) is 0 Å². The SMILES string of the molecule is CC(C)(C)OC(=O)[C@@]1(C(=O)O)CCC=C[C@H]1N. The zero-order chi connectivity index (χ0) is 13.3. The number of carbonyl (C=O) groups is 2. The van der Waals surface area contributed by atoms with Crippen LogP contribution >= 0.6 is 0 Å². The van der Waals surface area contributed by atoms with E-state index in [9.17, 15) is 14.7 Å². The van der Waals surface area contributed by atoms with Gasteiger partial charge in [-0.15, -0.1) is 0 Å². The van der Waals surface area contributed by atoms with Crippen LogP contribution < -0.4 is 5.73 Å². The minimum Gasteiger partial charge on any atom is -0.480 e. The Morgan fingerprint density at radius 1 is 1.47 bits per heavy atom. The Balaban J connectivity index is 3.05. The molecule has 0 bridgehead atoms. The molecule has 17 heavy (non-hydrogen) atoms. The Morgan fingerprint density at radius 2 is 2.06 bits per heavy atom. The summed E-state index contributed by atoms with van der Waals surface area (Å²) >= 11 is 0. The first kappa shape index (κ1) is 13.7. The maximum absolute atomic E-state index is 12.1. The van der Waals surface area contributed by atoms with Gasteiger partial charge in [-0.25, -0.2) is 0 Å². The fourth-order valence-corrected chi connectivity index (χ4v) is 1.83. The van der Waals surface area contributed by atoms with Gasteiger partial charge in [0.15, 0.2) is 5.41 Å². The van der Waals surface area contributed by atoms with Gasteiger partial charge in [0.05, 0.1) is 0 Å². The van der Waals surface area contributed by atoms with Crippen LogP contribution in [0.3, 0.4) is 0 Å². The first-order valence-corrected chi connectivity index (χ1v) is 5.59. The Morgan fingerprint density at radius 3 is 2.47 bits per heavy atom. The predicted octanol–water partition coefficient (Wildman–Crippen LogP) is 1.08. The van der Waals surface area contributed by atoms with Crippen LogP contribution in [0.2, 0.25) is 0 Å². The highest BCUT2D eigenvalue weighted by atomic mass is 16.6. The zero-order valence-electron chi connectivity index (χ0n) is 10.4. The van der Waals surface area contributed by atoms with Crippen molar-refractivity contribution in [3.05, 3.63) is 12.2 Å². The van der Waals surface area contributed by atoms with Crippen LogP contribution in [0.15, 0.2) is 12.2 Å². The zero-order valence-corrected chi connectivity index (χ0v) is 10.4. The molecule has 0 saturated heterocycles. The van der Waals surface area contributed by atoms with E-state index in [1.54, 1.807) is 32.9 Å². The van der Waals surface area contributed by atoms with Crippen molar-refractivity contribution in [1.29, 1.82) is 0 Å². The summed E-state index contributed by atoms with van der Waals surface area (Å²) in [6.45, 7) is 5.10. The van der Waals surface area contributed by atoms with Gasteiger partial charge in [-0.2, -0.15) is 0 Å². The van der Waals surface area contributed by atoms with Crippen LogP contribution in [-0.4, -0.2) is 28.7 Å². The molecule has 3 N–H and O–H groups in total. The number of ether oxygens (including phenoxy) is 1. The van der Waals surface area contributed by atoms with Gasteiger partial charge >= 0.3 is 11.9 Å². The molecule has 1 aliphatic carbocycles. The lowest BCUT2D eigenvalue weighted by Gasteiger charge is -2.35. The lowest BCUT2D eigenvalue weighted by Crippen LogP contribution is -2.55. The molecule has 0 saturated carbocycles. The lowest BCUT2D eigenvalue weighted by molar-refractivity contribution is -0.178. The molecule has 0 radical (unpaired) electrons. The van der Waals surface area contributed by atoms with E-state index in [0.717, 1.165) is 0 Å². The topological polar surface area (TPSA) is 89.6 Å². The molecule has 0 unspecified atom stereocenters. The van der Waals surface area contributed by atoms with Gasteiger partial charge in [0.1, 0.15) is 5.60 Å². The fraction of sp³-hybridized carbons (Fsp3) is 0.667. The van der Waals surface area contributed by atoms with E-state index < -0.39 is 29.0 Å². The largest absolute Gasteiger partial charge is 0.480 e. The Labute approximate surface area is 101 Å². The van der Waals surface area contributed by atoms with Crippen molar-refractivity contribution in [2.45, 2.75) is 45.3 Å². The summed E-state index contributed by atoms with van der Waals surface area (Å²) in [5.41, 5.74) is 3.39.